The maximum Gasteiger partial charge on any atom is 0.225 e. The number of hydrogen-bond donors (Lipinski definition) is 2. The molecule has 1 rings (SSSR count). The van der Waals surface area contributed by atoms with Crippen molar-refractivity contribution < 1.29 is 14.7 Å². The van der Waals surface area contributed by atoms with Crippen LogP contribution in [0.2, 0.25) is 0 Å². The number of nitrogens with zero attached hydrogens (tertiary/aromatic N) is 2. The standard InChI is InChI=1S/C13H21N3O3/c1-8(2)18-5-6-19-13-11(12(14)16-17)9(3)7-10(4)15-13/h7-8,17H,5-6H2,1-4H3,(H2,14,16). The molecule has 0 radical (unpaired) electrons. The summed E-state index contributed by atoms with van der Waals surface area (Å²) in [5, 5.41) is 11.8. The number of rotatable bonds is 6. The fourth-order valence-electron chi connectivity index (χ4n) is 1.69. The van der Waals surface area contributed by atoms with Crippen LogP contribution < -0.4 is 10.5 Å². The molecule has 0 saturated heterocycles. The highest BCUT2D eigenvalue weighted by molar-refractivity contribution is 6.00. The van der Waals surface area contributed by atoms with Gasteiger partial charge in [-0.2, -0.15) is 0 Å². The maximum atomic E-state index is 8.81. The summed E-state index contributed by atoms with van der Waals surface area (Å²) in [5.41, 5.74) is 7.82. The van der Waals surface area contributed by atoms with Crippen molar-refractivity contribution in [3.8, 4) is 5.88 Å². The van der Waals surface area contributed by atoms with Gasteiger partial charge in [-0.1, -0.05) is 5.16 Å². The molecule has 0 aliphatic carbocycles. The van der Waals surface area contributed by atoms with E-state index in [-0.39, 0.29) is 11.9 Å². The third-order valence-corrected chi connectivity index (χ3v) is 2.45. The molecule has 0 aliphatic heterocycles. The van der Waals surface area contributed by atoms with Crippen LogP contribution in [0.25, 0.3) is 0 Å². The van der Waals surface area contributed by atoms with E-state index in [0.29, 0.717) is 24.7 Å². The van der Waals surface area contributed by atoms with Gasteiger partial charge in [-0.05, 0) is 39.3 Å². The van der Waals surface area contributed by atoms with Gasteiger partial charge >= 0.3 is 0 Å². The van der Waals surface area contributed by atoms with Gasteiger partial charge in [0.25, 0.3) is 0 Å². The quantitative estimate of drug-likeness (QED) is 0.268. The zero-order chi connectivity index (χ0) is 14.4. The smallest absolute Gasteiger partial charge is 0.225 e. The summed E-state index contributed by atoms with van der Waals surface area (Å²) in [6.45, 7) is 8.45. The van der Waals surface area contributed by atoms with E-state index >= 15 is 0 Å². The second kappa shape index (κ2) is 6.94. The van der Waals surface area contributed by atoms with E-state index in [1.54, 1.807) is 0 Å². The minimum atomic E-state index is -0.00946. The zero-order valence-electron chi connectivity index (χ0n) is 11.8. The van der Waals surface area contributed by atoms with Crippen LogP contribution in [-0.4, -0.2) is 35.3 Å². The Morgan fingerprint density at radius 2 is 2.11 bits per heavy atom. The average molecular weight is 267 g/mol. The van der Waals surface area contributed by atoms with Crippen LogP contribution in [0.15, 0.2) is 11.2 Å². The van der Waals surface area contributed by atoms with Crippen LogP contribution in [0.1, 0.15) is 30.7 Å². The highest BCUT2D eigenvalue weighted by Crippen LogP contribution is 2.20. The zero-order valence-corrected chi connectivity index (χ0v) is 11.8. The fourth-order valence-corrected chi connectivity index (χ4v) is 1.69. The molecule has 1 aromatic rings. The first-order chi connectivity index (χ1) is 8.95. The number of pyridine rings is 1. The normalized spacial score (nSPS) is 11.9. The molecular formula is C13H21N3O3. The van der Waals surface area contributed by atoms with Gasteiger partial charge in [0, 0.05) is 5.69 Å². The van der Waals surface area contributed by atoms with Crippen molar-refractivity contribution in [2.45, 2.75) is 33.8 Å². The van der Waals surface area contributed by atoms with E-state index in [4.69, 9.17) is 20.4 Å². The highest BCUT2D eigenvalue weighted by atomic mass is 16.5. The summed E-state index contributed by atoms with van der Waals surface area (Å²) in [6.07, 6.45) is 0.152. The molecule has 1 aromatic heterocycles. The third-order valence-electron chi connectivity index (χ3n) is 2.45. The van der Waals surface area contributed by atoms with Crippen LogP contribution in [-0.2, 0) is 4.74 Å². The van der Waals surface area contributed by atoms with Gasteiger partial charge in [-0.3, -0.25) is 0 Å². The predicted molar refractivity (Wildman–Crippen MR) is 72.8 cm³/mol. The Kier molecular flexibility index (Phi) is 5.57. The molecule has 19 heavy (non-hydrogen) atoms. The summed E-state index contributed by atoms with van der Waals surface area (Å²) in [5.74, 6) is 0.352. The number of hydrogen-bond acceptors (Lipinski definition) is 5. The summed E-state index contributed by atoms with van der Waals surface area (Å²) >= 11 is 0. The Balaban J connectivity index is 2.86. The SMILES string of the molecule is Cc1cc(C)c(C(N)=NO)c(OCCOC(C)C)n1. The van der Waals surface area contributed by atoms with Crippen molar-refractivity contribution in [1.29, 1.82) is 0 Å². The van der Waals surface area contributed by atoms with Gasteiger partial charge in [-0.25, -0.2) is 4.98 Å². The third kappa shape index (κ3) is 4.40. The first kappa shape index (κ1) is 15.2. The molecule has 0 aliphatic rings. The van der Waals surface area contributed by atoms with Crippen molar-refractivity contribution in [1.82, 2.24) is 4.98 Å². The Morgan fingerprint density at radius 1 is 1.42 bits per heavy atom. The number of amidine groups is 1. The molecule has 0 atom stereocenters. The molecule has 3 N–H and O–H groups in total. The molecule has 1 heterocycles. The minimum Gasteiger partial charge on any atom is -0.475 e. The van der Waals surface area contributed by atoms with E-state index in [1.165, 1.54) is 0 Å². The lowest BCUT2D eigenvalue weighted by molar-refractivity contribution is 0.0541. The van der Waals surface area contributed by atoms with E-state index < -0.39 is 0 Å². The molecule has 6 nitrogen and oxygen atoms in total. The van der Waals surface area contributed by atoms with Gasteiger partial charge in [0.2, 0.25) is 5.88 Å². The highest BCUT2D eigenvalue weighted by Gasteiger charge is 2.14. The molecule has 0 fully saturated rings. The molecule has 0 bridgehead atoms. The van der Waals surface area contributed by atoms with Gasteiger partial charge in [0.15, 0.2) is 5.84 Å². The lowest BCUT2D eigenvalue weighted by atomic mass is 10.1. The number of aryl methyl sites for hydroxylation is 2. The summed E-state index contributed by atoms with van der Waals surface area (Å²) in [4.78, 5) is 4.27. The first-order valence-corrected chi connectivity index (χ1v) is 6.16. The second-order valence-corrected chi connectivity index (χ2v) is 4.51. The summed E-state index contributed by atoms with van der Waals surface area (Å²) < 4.78 is 11.0. The van der Waals surface area contributed by atoms with E-state index in [0.717, 1.165) is 11.3 Å². The molecule has 106 valence electrons. The molecule has 0 saturated carbocycles. The Hall–Kier alpha value is -1.82. The van der Waals surface area contributed by atoms with E-state index in [2.05, 4.69) is 10.1 Å². The van der Waals surface area contributed by atoms with E-state index in [9.17, 15) is 0 Å². The molecule has 0 spiro atoms. The van der Waals surface area contributed by atoms with Crippen LogP contribution in [0.5, 0.6) is 5.88 Å². The number of aromatic nitrogens is 1. The fraction of sp³-hybridized carbons (Fsp3) is 0.538. The van der Waals surface area contributed by atoms with Crippen molar-refractivity contribution in [3.63, 3.8) is 0 Å². The van der Waals surface area contributed by atoms with Crippen LogP contribution >= 0.6 is 0 Å². The van der Waals surface area contributed by atoms with E-state index in [1.807, 2.05) is 33.8 Å². The number of nitrogens with two attached hydrogens (primary N) is 1. The molecular weight excluding hydrogens is 246 g/mol. The number of ether oxygens (including phenoxy) is 2. The largest absolute Gasteiger partial charge is 0.475 e. The van der Waals surface area contributed by atoms with Crippen LogP contribution in [0, 0.1) is 13.8 Å². The van der Waals surface area contributed by atoms with Crippen LogP contribution in [0.3, 0.4) is 0 Å². The Labute approximate surface area is 113 Å². The van der Waals surface area contributed by atoms with Gasteiger partial charge in [0.1, 0.15) is 6.61 Å². The summed E-state index contributed by atoms with van der Waals surface area (Å²) in [6, 6.07) is 1.85. The molecule has 0 unspecified atom stereocenters. The van der Waals surface area contributed by atoms with Crippen molar-refractivity contribution in [3.05, 3.63) is 22.9 Å². The van der Waals surface area contributed by atoms with Gasteiger partial charge < -0.3 is 20.4 Å². The first-order valence-electron chi connectivity index (χ1n) is 6.16. The lowest BCUT2D eigenvalue weighted by Gasteiger charge is -2.13. The number of oxime groups is 1. The Bertz CT molecular complexity index is 459. The monoisotopic (exact) mass is 267 g/mol. The average Bonchev–Trinajstić information content (AvgIpc) is 2.33. The van der Waals surface area contributed by atoms with Crippen molar-refractivity contribution in [2.24, 2.45) is 10.9 Å². The van der Waals surface area contributed by atoms with Gasteiger partial charge in [-0.15, -0.1) is 0 Å². The Morgan fingerprint density at radius 3 is 2.68 bits per heavy atom. The molecule has 0 aromatic carbocycles. The van der Waals surface area contributed by atoms with Crippen molar-refractivity contribution >= 4 is 5.84 Å². The van der Waals surface area contributed by atoms with Gasteiger partial charge in [0.05, 0.1) is 18.3 Å². The minimum absolute atomic E-state index is 0.00946. The van der Waals surface area contributed by atoms with Crippen molar-refractivity contribution in [2.75, 3.05) is 13.2 Å². The molecule has 6 heteroatoms. The topological polar surface area (TPSA) is 90.0 Å². The summed E-state index contributed by atoms with van der Waals surface area (Å²) in [7, 11) is 0. The second-order valence-electron chi connectivity index (χ2n) is 4.51. The van der Waals surface area contributed by atoms with Crippen LogP contribution in [0.4, 0.5) is 0 Å². The molecule has 0 amide bonds. The predicted octanol–water partition coefficient (Wildman–Crippen LogP) is 1.60. The lowest BCUT2D eigenvalue weighted by Crippen LogP contribution is -2.19. The maximum absolute atomic E-state index is 8.81.